The summed E-state index contributed by atoms with van der Waals surface area (Å²) in [5, 5.41) is 3.21. The molecule has 0 amide bonds. The summed E-state index contributed by atoms with van der Waals surface area (Å²) in [7, 11) is -3.42. The van der Waals surface area contributed by atoms with Crippen LogP contribution in [0.4, 0.5) is 0 Å². The summed E-state index contributed by atoms with van der Waals surface area (Å²) < 4.78 is 27.2. The predicted molar refractivity (Wildman–Crippen MR) is 85.9 cm³/mol. The van der Waals surface area contributed by atoms with Gasteiger partial charge in [0.1, 0.15) is 0 Å². The van der Waals surface area contributed by atoms with Crippen LogP contribution in [-0.4, -0.2) is 28.1 Å². The highest BCUT2D eigenvalue weighted by Gasteiger charge is 2.15. The number of rotatable bonds is 6. The van der Waals surface area contributed by atoms with Crippen LogP contribution in [-0.2, 0) is 10.0 Å². The Labute approximate surface area is 127 Å². The minimum atomic E-state index is -3.42. The molecule has 1 heterocycles. The zero-order valence-electron chi connectivity index (χ0n) is 12.7. The molecule has 4 nitrogen and oxygen atoms in total. The number of benzene rings is 1. The van der Waals surface area contributed by atoms with E-state index in [0.717, 1.165) is 31.5 Å². The van der Waals surface area contributed by atoms with Crippen molar-refractivity contribution in [1.29, 1.82) is 0 Å². The number of hydrogen-bond donors (Lipinski definition) is 2. The van der Waals surface area contributed by atoms with Gasteiger partial charge in [-0.15, -0.1) is 0 Å². The fourth-order valence-corrected chi connectivity index (χ4v) is 3.35. The Bertz CT molecular complexity index is 591. The summed E-state index contributed by atoms with van der Waals surface area (Å²) in [5.74, 6) is 0.453. The van der Waals surface area contributed by atoms with E-state index in [-0.39, 0.29) is 0 Å². The first kappa shape index (κ1) is 16.2. The monoisotopic (exact) mass is 308 g/mol. The largest absolute Gasteiger partial charge is 0.313 e. The van der Waals surface area contributed by atoms with Gasteiger partial charge in [0, 0.05) is 13.1 Å². The van der Waals surface area contributed by atoms with Crippen LogP contribution in [0.3, 0.4) is 0 Å². The van der Waals surface area contributed by atoms with Gasteiger partial charge in [-0.2, -0.15) is 0 Å². The SMILES string of the molecule is CCC(C)c1ccc(S(=O)(=O)NCC2=CCNCC2)cc1. The van der Waals surface area contributed by atoms with Gasteiger partial charge in [-0.3, -0.25) is 0 Å². The minimum Gasteiger partial charge on any atom is -0.313 e. The highest BCUT2D eigenvalue weighted by atomic mass is 32.2. The lowest BCUT2D eigenvalue weighted by molar-refractivity contribution is 0.582. The quantitative estimate of drug-likeness (QED) is 0.793. The molecule has 0 saturated carbocycles. The average molecular weight is 308 g/mol. The number of sulfonamides is 1. The molecule has 2 N–H and O–H groups in total. The fraction of sp³-hybridized carbons (Fsp3) is 0.500. The van der Waals surface area contributed by atoms with Crippen molar-refractivity contribution in [1.82, 2.24) is 10.0 Å². The second-order valence-corrected chi connectivity index (χ2v) is 7.29. The molecule has 1 atom stereocenters. The Morgan fingerprint density at radius 1 is 1.29 bits per heavy atom. The van der Waals surface area contributed by atoms with Gasteiger partial charge in [0.05, 0.1) is 4.90 Å². The van der Waals surface area contributed by atoms with E-state index in [9.17, 15) is 8.42 Å². The van der Waals surface area contributed by atoms with Gasteiger partial charge in [0.25, 0.3) is 0 Å². The molecule has 1 aliphatic heterocycles. The maximum absolute atomic E-state index is 12.3. The molecule has 1 aromatic rings. The van der Waals surface area contributed by atoms with E-state index in [1.165, 1.54) is 5.56 Å². The Kier molecular flexibility index (Phi) is 5.56. The van der Waals surface area contributed by atoms with Crippen LogP contribution in [0.15, 0.2) is 40.8 Å². The lowest BCUT2D eigenvalue weighted by Crippen LogP contribution is -2.29. The molecule has 0 aliphatic carbocycles. The summed E-state index contributed by atoms with van der Waals surface area (Å²) in [5.41, 5.74) is 2.33. The third-order valence-corrected chi connectivity index (χ3v) is 5.44. The summed E-state index contributed by atoms with van der Waals surface area (Å²) in [6.45, 7) is 6.41. The third kappa shape index (κ3) is 4.40. The Morgan fingerprint density at radius 3 is 2.57 bits per heavy atom. The second kappa shape index (κ2) is 7.20. The molecule has 1 unspecified atom stereocenters. The zero-order chi connectivity index (χ0) is 15.3. The van der Waals surface area contributed by atoms with Crippen LogP contribution in [0, 0.1) is 0 Å². The van der Waals surface area contributed by atoms with E-state index in [2.05, 4.69) is 30.0 Å². The van der Waals surface area contributed by atoms with Crippen molar-refractivity contribution in [3.63, 3.8) is 0 Å². The Morgan fingerprint density at radius 2 is 2.00 bits per heavy atom. The molecule has 0 spiro atoms. The van der Waals surface area contributed by atoms with Crippen LogP contribution in [0.25, 0.3) is 0 Å². The molecule has 0 saturated heterocycles. The van der Waals surface area contributed by atoms with Gasteiger partial charge < -0.3 is 5.32 Å². The lowest BCUT2D eigenvalue weighted by Gasteiger charge is -2.15. The average Bonchev–Trinajstić information content (AvgIpc) is 2.53. The van der Waals surface area contributed by atoms with Crippen molar-refractivity contribution < 1.29 is 8.42 Å². The van der Waals surface area contributed by atoms with E-state index in [1.54, 1.807) is 12.1 Å². The topological polar surface area (TPSA) is 58.2 Å². The van der Waals surface area contributed by atoms with Crippen molar-refractivity contribution in [2.75, 3.05) is 19.6 Å². The fourth-order valence-electron chi connectivity index (χ4n) is 2.31. The summed E-state index contributed by atoms with van der Waals surface area (Å²) in [6.07, 6.45) is 4.00. The van der Waals surface area contributed by atoms with Crippen LogP contribution in [0.5, 0.6) is 0 Å². The number of nitrogens with one attached hydrogen (secondary N) is 2. The smallest absolute Gasteiger partial charge is 0.240 e. The van der Waals surface area contributed by atoms with Crippen LogP contribution < -0.4 is 10.0 Å². The predicted octanol–water partition coefficient (Wildman–Crippen LogP) is 2.40. The minimum absolute atomic E-state index is 0.337. The Balaban J connectivity index is 2.03. The van der Waals surface area contributed by atoms with Gasteiger partial charge in [-0.05, 0) is 43.0 Å². The van der Waals surface area contributed by atoms with E-state index >= 15 is 0 Å². The molecule has 0 aromatic heterocycles. The van der Waals surface area contributed by atoms with Crippen LogP contribution in [0.2, 0.25) is 0 Å². The van der Waals surface area contributed by atoms with Crippen molar-refractivity contribution in [3.05, 3.63) is 41.5 Å². The van der Waals surface area contributed by atoms with Gasteiger partial charge in [0.15, 0.2) is 0 Å². The Hall–Kier alpha value is -1.17. The lowest BCUT2D eigenvalue weighted by atomic mass is 9.99. The normalized spacial score (nSPS) is 17.3. The number of hydrogen-bond acceptors (Lipinski definition) is 3. The highest BCUT2D eigenvalue weighted by Crippen LogP contribution is 2.20. The molecular weight excluding hydrogens is 284 g/mol. The van der Waals surface area contributed by atoms with Gasteiger partial charge in [0.2, 0.25) is 10.0 Å². The molecule has 21 heavy (non-hydrogen) atoms. The first-order valence-corrected chi connectivity index (χ1v) is 8.99. The first-order valence-electron chi connectivity index (χ1n) is 7.51. The standard InChI is InChI=1S/C16H24N2O2S/c1-3-13(2)15-4-6-16(7-5-15)21(19,20)18-12-14-8-10-17-11-9-14/h4-8,13,17-18H,3,9-12H2,1-2H3. The van der Waals surface area contributed by atoms with Gasteiger partial charge in [-0.1, -0.05) is 37.6 Å². The molecule has 0 fully saturated rings. The summed E-state index contributed by atoms with van der Waals surface area (Å²) in [4.78, 5) is 0.337. The van der Waals surface area contributed by atoms with E-state index in [1.807, 2.05) is 12.1 Å². The molecule has 116 valence electrons. The van der Waals surface area contributed by atoms with Crippen molar-refractivity contribution in [3.8, 4) is 0 Å². The molecular formula is C16H24N2O2S. The van der Waals surface area contributed by atoms with Gasteiger partial charge in [-0.25, -0.2) is 13.1 Å². The summed E-state index contributed by atoms with van der Waals surface area (Å²) in [6, 6.07) is 7.21. The molecule has 1 aromatic carbocycles. The molecule has 2 rings (SSSR count). The molecule has 0 bridgehead atoms. The van der Waals surface area contributed by atoms with Crippen LogP contribution in [0.1, 0.15) is 38.2 Å². The maximum Gasteiger partial charge on any atom is 0.240 e. The van der Waals surface area contributed by atoms with Crippen LogP contribution >= 0.6 is 0 Å². The molecule has 1 aliphatic rings. The van der Waals surface area contributed by atoms with Crippen molar-refractivity contribution in [2.24, 2.45) is 0 Å². The second-order valence-electron chi connectivity index (χ2n) is 5.52. The summed E-state index contributed by atoms with van der Waals surface area (Å²) >= 11 is 0. The van der Waals surface area contributed by atoms with Crippen molar-refractivity contribution in [2.45, 2.75) is 37.5 Å². The van der Waals surface area contributed by atoms with Gasteiger partial charge >= 0.3 is 0 Å². The third-order valence-electron chi connectivity index (χ3n) is 4.02. The van der Waals surface area contributed by atoms with Crippen molar-refractivity contribution >= 4 is 10.0 Å². The zero-order valence-corrected chi connectivity index (χ0v) is 13.5. The van der Waals surface area contributed by atoms with E-state index in [4.69, 9.17) is 0 Å². The highest BCUT2D eigenvalue weighted by molar-refractivity contribution is 7.89. The molecule has 5 heteroatoms. The maximum atomic E-state index is 12.3. The van der Waals surface area contributed by atoms with E-state index in [0.29, 0.717) is 17.4 Å². The van der Waals surface area contributed by atoms with E-state index < -0.39 is 10.0 Å². The molecule has 0 radical (unpaired) electrons. The first-order chi connectivity index (χ1) is 10.0.